The lowest BCUT2D eigenvalue weighted by molar-refractivity contribution is 0.464. The van der Waals surface area contributed by atoms with Crippen molar-refractivity contribution in [3.63, 3.8) is 0 Å². The fourth-order valence-corrected chi connectivity index (χ4v) is 1.36. The van der Waals surface area contributed by atoms with Crippen molar-refractivity contribution < 1.29 is 4.42 Å². The molecule has 2 N–H and O–H groups in total. The molecular formula is C10H18N2O. The van der Waals surface area contributed by atoms with Gasteiger partial charge in [-0.15, -0.1) is 0 Å². The number of rotatable bonds is 4. The van der Waals surface area contributed by atoms with E-state index in [0.717, 1.165) is 30.2 Å². The lowest BCUT2D eigenvalue weighted by Crippen LogP contribution is -2.00. The van der Waals surface area contributed by atoms with Crippen LogP contribution in [0.2, 0.25) is 0 Å². The third kappa shape index (κ3) is 2.56. The minimum Gasteiger partial charge on any atom is -0.446 e. The van der Waals surface area contributed by atoms with Crippen molar-refractivity contribution >= 4 is 0 Å². The molecule has 0 saturated carbocycles. The number of nitrogens with two attached hydrogens (primary N) is 1. The Morgan fingerprint density at radius 3 is 2.62 bits per heavy atom. The van der Waals surface area contributed by atoms with E-state index in [4.69, 9.17) is 10.2 Å². The molecule has 0 atom stereocenters. The molecule has 0 radical (unpaired) electrons. The molecule has 0 aromatic carbocycles. The molecule has 3 nitrogen and oxygen atoms in total. The van der Waals surface area contributed by atoms with E-state index in [9.17, 15) is 0 Å². The summed E-state index contributed by atoms with van der Waals surface area (Å²) in [6.45, 7) is 6.90. The molecular weight excluding hydrogens is 164 g/mol. The SMILES string of the molecule is Cc1oc(CCCN)nc1C(C)C. The number of oxazole rings is 1. The highest BCUT2D eigenvalue weighted by molar-refractivity contribution is 5.12. The van der Waals surface area contributed by atoms with Crippen LogP contribution in [0.4, 0.5) is 0 Å². The summed E-state index contributed by atoms with van der Waals surface area (Å²) in [5, 5.41) is 0. The molecule has 0 spiro atoms. The molecule has 0 aliphatic carbocycles. The summed E-state index contributed by atoms with van der Waals surface area (Å²) in [5.41, 5.74) is 6.49. The van der Waals surface area contributed by atoms with Crippen molar-refractivity contribution in [3.05, 3.63) is 17.3 Å². The summed E-state index contributed by atoms with van der Waals surface area (Å²) >= 11 is 0. The third-order valence-electron chi connectivity index (χ3n) is 2.02. The van der Waals surface area contributed by atoms with Crippen molar-refractivity contribution in [2.75, 3.05) is 6.54 Å². The second-order valence-electron chi connectivity index (χ2n) is 3.60. The molecule has 0 bridgehead atoms. The first-order chi connectivity index (χ1) is 6.15. The van der Waals surface area contributed by atoms with Gasteiger partial charge < -0.3 is 10.2 Å². The summed E-state index contributed by atoms with van der Waals surface area (Å²) in [5.74, 6) is 2.21. The molecule has 0 aliphatic rings. The summed E-state index contributed by atoms with van der Waals surface area (Å²) < 4.78 is 5.51. The van der Waals surface area contributed by atoms with Crippen LogP contribution < -0.4 is 5.73 Å². The van der Waals surface area contributed by atoms with E-state index in [1.165, 1.54) is 0 Å². The Hall–Kier alpha value is -0.830. The summed E-state index contributed by atoms with van der Waals surface area (Å²) in [7, 11) is 0. The van der Waals surface area contributed by atoms with Gasteiger partial charge in [0.2, 0.25) is 0 Å². The van der Waals surface area contributed by atoms with Gasteiger partial charge in [-0.1, -0.05) is 13.8 Å². The van der Waals surface area contributed by atoms with Crippen LogP contribution in [0.15, 0.2) is 4.42 Å². The number of hydrogen-bond donors (Lipinski definition) is 1. The van der Waals surface area contributed by atoms with Crippen LogP contribution in [-0.2, 0) is 6.42 Å². The summed E-state index contributed by atoms with van der Waals surface area (Å²) in [4.78, 5) is 4.42. The smallest absolute Gasteiger partial charge is 0.194 e. The topological polar surface area (TPSA) is 52.0 Å². The van der Waals surface area contributed by atoms with E-state index in [1.54, 1.807) is 0 Å². The van der Waals surface area contributed by atoms with E-state index >= 15 is 0 Å². The minimum absolute atomic E-state index is 0.440. The zero-order valence-electron chi connectivity index (χ0n) is 8.63. The van der Waals surface area contributed by atoms with Gasteiger partial charge in [-0.3, -0.25) is 0 Å². The highest BCUT2D eigenvalue weighted by Crippen LogP contribution is 2.19. The van der Waals surface area contributed by atoms with Crippen LogP contribution in [0, 0.1) is 6.92 Å². The van der Waals surface area contributed by atoms with Crippen molar-refractivity contribution in [1.29, 1.82) is 0 Å². The van der Waals surface area contributed by atoms with Crippen molar-refractivity contribution in [2.45, 2.75) is 39.5 Å². The van der Waals surface area contributed by atoms with E-state index in [0.29, 0.717) is 12.5 Å². The lowest BCUT2D eigenvalue weighted by atomic mass is 10.1. The van der Waals surface area contributed by atoms with E-state index < -0.39 is 0 Å². The largest absolute Gasteiger partial charge is 0.446 e. The first-order valence-corrected chi connectivity index (χ1v) is 4.81. The Kier molecular flexibility index (Phi) is 3.48. The molecule has 0 unspecified atom stereocenters. The standard InChI is InChI=1S/C10H18N2O/c1-7(2)10-8(3)13-9(12-10)5-4-6-11/h7H,4-6,11H2,1-3H3. The fraction of sp³-hybridized carbons (Fsp3) is 0.700. The van der Waals surface area contributed by atoms with Gasteiger partial charge in [-0.2, -0.15) is 0 Å². The van der Waals surface area contributed by atoms with Crippen LogP contribution in [0.3, 0.4) is 0 Å². The second-order valence-corrected chi connectivity index (χ2v) is 3.60. The van der Waals surface area contributed by atoms with Gasteiger partial charge in [0.1, 0.15) is 5.76 Å². The average molecular weight is 182 g/mol. The van der Waals surface area contributed by atoms with Crippen LogP contribution in [0.1, 0.15) is 43.5 Å². The molecule has 0 aliphatic heterocycles. The zero-order chi connectivity index (χ0) is 9.84. The molecule has 0 saturated heterocycles. The van der Waals surface area contributed by atoms with Crippen molar-refractivity contribution in [2.24, 2.45) is 5.73 Å². The Morgan fingerprint density at radius 1 is 1.46 bits per heavy atom. The van der Waals surface area contributed by atoms with Gasteiger partial charge in [0, 0.05) is 6.42 Å². The molecule has 1 aromatic rings. The van der Waals surface area contributed by atoms with Crippen molar-refractivity contribution in [1.82, 2.24) is 4.98 Å². The predicted molar refractivity (Wildman–Crippen MR) is 52.7 cm³/mol. The first kappa shape index (κ1) is 10.3. The van der Waals surface area contributed by atoms with E-state index in [2.05, 4.69) is 18.8 Å². The van der Waals surface area contributed by atoms with Crippen LogP contribution in [-0.4, -0.2) is 11.5 Å². The van der Waals surface area contributed by atoms with Crippen LogP contribution in [0.5, 0.6) is 0 Å². The summed E-state index contributed by atoms with van der Waals surface area (Å²) in [6.07, 6.45) is 1.79. The van der Waals surface area contributed by atoms with Gasteiger partial charge in [0.05, 0.1) is 5.69 Å². The van der Waals surface area contributed by atoms with Gasteiger partial charge in [-0.05, 0) is 25.8 Å². The number of hydrogen-bond acceptors (Lipinski definition) is 3. The molecule has 0 fully saturated rings. The number of nitrogens with zero attached hydrogens (tertiary/aromatic N) is 1. The highest BCUT2D eigenvalue weighted by Gasteiger charge is 2.11. The third-order valence-corrected chi connectivity index (χ3v) is 2.02. The van der Waals surface area contributed by atoms with Gasteiger partial charge in [0.15, 0.2) is 5.89 Å². The normalized spacial score (nSPS) is 11.2. The molecule has 3 heteroatoms. The van der Waals surface area contributed by atoms with Gasteiger partial charge in [-0.25, -0.2) is 4.98 Å². The highest BCUT2D eigenvalue weighted by atomic mass is 16.4. The quantitative estimate of drug-likeness (QED) is 0.774. The minimum atomic E-state index is 0.440. The molecule has 13 heavy (non-hydrogen) atoms. The molecule has 1 rings (SSSR count). The predicted octanol–water partition coefficient (Wildman–Crippen LogP) is 2.00. The Balaban J connectivity index is 2.71. The average Bonchev–Trinajstić information content (AvgIpc) is 2.43. The number of aryl methyl sites for hydroxylation is 2. The van der Waals surface area contributed by atoms with Crippen molar-refractivity contribution in [3.8, 4) is 0 Å². The summed E-state index contributed by atoms with van der Waals surface area (Å²) in [6, 6.07) is 0. The van der Waals surface area contributed by atoms with Gasteiger partial charge in [0.25, 0.3) is 0 Å². The molecule has 74 valence electrons. The maximum absolute atomic E-state index is 5.51. The fourth-order valence-electron chi connectivity index (χ4n) is 1.36. The Morgan fingerprint density at radius 2 is 2.15 bits per heavy atom. The molecule has 0 amide bonds. The van der Waals surface area contributed by atoms with Gasteiger partial charge >= 0.3 is 0 Å². The zero-order valence-corrected chi connectivity index (χ0v) is 8.63. The van der Waals surface area contributed by atoms with E-state index in [1.807, 2.05) is 6.92 Å². The Labute approximate surface area is 79.3 Å². The van der Waals surface area contributed by atoms with Crippen LogP contribution in [0.25, 0.3) is 0 Å². The monoisotopic (exact) mass is 182 g/mol. The second kappa shape index (κ2) is 4.42. The molecule has 1 heterocycles. The van der Waals surface area contributed by atoms with E-state index in [-0.39, 0.29) is 0 Å². The maximum atomic E-state index is 5.51. The van der Waals surface area contributed by atoms with Crippen LogP contribution >= 0.6 is 0 Å². The maximum Gasteiger partial charge on any atom is 0.194 e. The first-order valence-electron chi connectivity index (χ1n) is 4.81. The number of aromatic nitrogens is 1. The lowest BCUT2D eigenvalue weighted by Gasteiger charge is -1.97. The molecule has 1 aromatic heterocycles. The Bertz CT molecular complexity index is 266.